The first kappa shape index (κ1) is 43.7. The van der Waals surface area contributed by atoms with E-state index in [-0.39, 0.29) is 13.0 Å². The number of aliphatic carboxylic acids is 1. The van der Waals surface area contributed by atoms with Crippen LogP contribution in [0.4, 0.5) is 0 Å². The number of rotatable bonds is 12. The number of aliphatic hydroxyl groups excluding tert-OH is 10. The second-order valence-corrected chi connectivity index (χ2v) is 14.1. The highest BCUT2D eigenvalue weighted by molar-refractivity contribution is 5.73. The van der Waals surface area contributed by atoms with Gasteiger partial charge in [0.1, 0.15) is 85.5 Å². The zero-order valence-corrected chi connectivity index (χ0v) is 28.7. The summed E-state index contributed by atoms with van der Waals surface area (Å²) in [6, 6.07) is -4.81. The zero-order chi connectivity index (χ0) is 39.9. The van der Waals surface area contributed by atoms with E-state index in [1.807, 2.05) is 0 Å². The number of hydrogen-bond donors (Lipinski definition) is 16. The minimum atomic E-state index is -1.99. The zero-order valence-electron chi connectivity index (χ0n) is 28.7. The molecule has 25 heteroatoms. The Balaban J connectivity index is 1.28. The van der Waals surface area contributed by atoms with Gasteiger partial charge in [0.05, 0.1) is 31.4 Å². The van der Waals surface area contributed by atoms with Crippen molar-refractivity contribution in [1.29, 1.82) is 0 Å². The maximum atomic E-state index is 11.5. The molecule has 0 aromatic rings. The molecule has 5 fully saturated rings. The molecule has 1 saturated carbocycles. The molecular weight excluding hydrogens is 738 g/mol. The van der Waals surface area contributed by atoms with Crippen molar-refractivity contribution in [3.05, 3.63) is 0 Å². The Bertz CT molecular complexity index is 1230. The van der Waals surface area contributed by atoms with Crippen LogP contribution >= 0.6 is 0 Å². The third-order valence-electron chi connectivity index (χ3n) is 10.4. The molecule has 25 nitrogen and oxygen atoms in total. The molecule has 21 N–H and O–H groups in total. The molecule has 0 bridgehead atoms. The van der Waals surface area contributed by atoms with E-state index in [2.05, 4.69) is 0 Å². The van der Waals surface area contributed by atoms with Gasteiger partial charge in [-0.3, -0.25) is 0 Å². The number of hydrogen-bond acceptors (Lipinski definition) is 24. The Labute approximate surface area is 306 Å². The van der Waals surface area contributed by atoms with Gasteiger partial charge in [0, 0.05) is 18.6 Å². The Kier molecular flexibility index (Phi) is 14.6. The van der Waals surface area contributed by atoms with E-state index in [1.165, 1.54) is 0 Å². The molecule has 24 atom stereocenters. The average molecular weight is 792 g/mol. The van der Waals surface area contributed by atoms with Crippen molar-refractivity contribution in [2.45, 2.75) is 153 Å². The maximum Gasteiger partial charge on any atom is 0.335 e. The van der Waals surface area contributed by atoms with Crippen LogP contribution in [-0.2, 0) is 42.7 Å². The SMILES string of the molecule is NC[C@@H]1O[C@H](O[C@H]2[C@@H](O)[C@H](O[C@@H]3[C@@H](O)[C@H](N)C[C@H](N)[C@H]3O[C@H]3O[C@H](COC4OC(C(=O)O)C(O)C(O)C4O)[C@@H](O)[C@H](O)[C@H]3N)O[C@@H]2CO)[C@H](N)[C@@H](O)[C@@H]1O. The summed E-state index contributed by atoms with van der Waals surface area (Å²) in [5.74, 6) is -1.66. The summed E-state index contributed by atoms with van der Waals surface area (Å²) in [6.07, 6.45) is -32.4. The molecule has 4 saturated heterocycles. The minimum absolute atomic E-state index is 0.0479. The number of carbonyl (C=O) groups is 1. The van der Waals surface area contributed by atoms with Gasteiger partial charge in [0.15, 0.2) is 31.3 Å². The lowest BCUT2D eigenvalue weighted by Gasteiger charge is -2.47. The highest BCUT2D eigenvalue weighted by Crippen LogP contribution is 2.35. The van der Waals surface area contributed by atoms with Crippen LogP contribution in [0.5, 0.6) is 0 Å². The third kappa shape index (κ3) is 8.68. The number of aliphatic hydroxyl groups is 10. The molecule has 5 aliphatic rings. The number of nitrogens with two attached hydrogens (primary N) is 5. The summed E-state index contributed by atoms with van der Waals surface area (Å²) in [5, 5.41) is 114. The Morgan fingerprint density at radius 3 is 1.67 bits per heavy atom. The molecule has 314 valence electrons. The summed E-state index contributed by atoms with van der Waals surface area (Å²) in [6.45, 7) is -1.66. The van der Waals surface area contributed by atoms with Crippen molar-refractivity contribution in [1.82, 2.24) is 0 Å². The number of carboxylic acid groups (broad SMARTS) is 1. The Hall–Kier alpha value is -1.45. The predicted molar refractivity (Wildman–Crippen MR) is 170 cm³/mol. The highest BCUT2D eigenvalue weighted by atomic mass is 16.8. The van der Waals surface area contributed by atoms with Crippen LogP contribution in [0, 0.1) is 0 Å². The van der Waals surface area contributed by atoms with Crippen LogP contribution in [0.25, 0.3) is 0 Å². The Morgan fingerprint density at radius 1 is 0.556 bits per heavy atom. The molecule has 0 amide bonds. The fraction of sp³-hybridized carbons (Fsp3) is 0.966. The lowest BCUT2D eigenvalue weighted by atomic mass is 9.84. The smallest absolute Gasteiger partial charge is 0.335 e. The first-order chi connectivity index (χ1) is 25.4. The fourth-order valence-corrected chi connectivity index (χ4v) is 7.07. The van der Waals surface area contributed by atoms with E-state index in [0.29, 0.717) is 0 Å². The lowest BCUT2D eigenvalue weighted by molar-refractivity contribution is -0.328. The molecule has 5 unspecified atom stereocenters. The molecule has 1 aliphatic carbocycles. The van der Waals surface area contributed by atoms with Crippen LogP contribution < -0.4 is 28.7 Å². The summed E-state index contributed by atoms with van der Waals surface area (Å²) in [4.78, 5) is 11.5. The van der Waals surface area contributed by atoms with Crippen molar-refractivity contribution >= 4 is 5.97 Å². The molecule has 54 heavy (non-hydrogen) atoms. The van der Waals surface area contributed by atoms with Gasteiger partial charge in [0.25, 0.3) is 0 Å². The van der Waals surface area contributed by atoms with Crippen LogP contribution in [0.1, 0.15) is 6.42 Å². The van der Waals surface area contributed by atoms with Crippen molar-refractivity contribution in [2.75, 3.05) is 19.8 Å². The van der Waals surface area contributed by atoms with Gasteiger partial charge in [-0.1, -0.05) is 0 Å². The average Bonchev–Trinajstić information content (AvgIpc) is 3.43. The van der Waals surface area contributed by atoms with E-state index in [4.69, 9.17) is 66.6 Å². The summed E-state index contributed by atoms with van der Waals surface area (Å²) in [7, 11) is 0. The van der Waals surface area contributed by atoms with Gasteiger partial charge in [-0.2, -0.15) is 0 Å². The number of ether oxygens (including phenoxy) is 8. The van der Waals surface area contributed by atoms with Gasteiger partial charge >= 0.3 is 5.97 Å². The molecule has 4 aliphatic heterocycles. The second-order valence-electron chi connectivity index (χ2n) is 14.1. The lowest BCUT2D eigenvalue weighted by Crippen LogP contribution is -2.68. The quantitative estimate of drug-likeness (QED) is 0.0872. The van der Waals surface area contributed by atoms with Crippen LogP contribution in [0.2, 0.25) is 0 Å². The molecular formula is C29H53N5O20. The van der Waals surface area contributed by atoms with Gasteiger partial charge in [-0.05, 0) is 6.42 Å². The second kappa shape index (κ2) is 18.0. The van der Waals surface area contributed by atoms with Gasteiger partial charge in [-0.15, -0.1) is 0 Å². The van der Waals surface area contributed by atoms with E-state index in [0.717, 1.165) is 0 Å². The summed E-state index contributed by atoms with van der Waals surface area (Å²) < 4.78 is 45.4. The summed E-state index contributed by atoms with van der Waals surface area (Å²) in [5.41, 5.74) is 30.2. The normalized spacial score (nSPS) is 53.0. The van der Waals surface area contributed by atoms with Gasteiger partial charge in [0.2, 0.25) is 0 Å². The van der Waals surface area contributed by atoms with E-state index >= 15 is 0 Å². The van der Waals surface area contributed by atoms with Crippen LogP contribution in [0.15, 0.2) is 0 Å². The largest absolute Gasteiger partial charge is 0.479 e. The molecule has 0 radical (unpaired) electrons. The van der Waals surface area contributed by atoms with E-state index in [9.17, 15) is 61.0 Å². The first-order valence-corrected chi connectivity index (χ1v) is 17.3. The monoisotopic (exact) mass is 791 g/mol. The van der Waals surface area contributed by atoms with Gasteiger partial charge < -0.3 is 123 Å². The molecule has 4 heterocycles. The van der Waals surface area contributed by atoms with Crippen molar-refractivity contribution < 1.29 is 98.9 Å². The van der Waals surface area contributed by atoms with Crippen LogP contribution in [0.3, 0.4) is 0 Å². The maximum absolute atomic E-state index is 11.5. The van der Waals surface area contributed by atoms with Crippen molar-refractivity contribution in [3.63, 3.8) is 0 Å². The molecule has 5 rings (SSSR count). The fourth-order valence-electron chi connectivity index (χ4n) is 7.07. The first-order valence-electron chi connectivity index (χ1n) is 17.3. The third-order valence-corrected chi connectivity index (χ3v) is 10.4. The Morgan fingerprint density at radius 2 is 1.09 bits per heavy atom. The van der Waals surface area contributed by atoms with Gasteiger partial charge in [-0.25, -0.2) is 4.79 Å². The van der Waals surface area contributed by atoms with Crippen molar-refractivity contribution in [2.24, 2.45) is 28.7 Å². The molecule has 0 aromatic heterocycles. The minimum Gasteiger partial charge on any atom is -0.479 e. The van der Waals surface area contributed by atoms with Crippen LogP contribution in [-0.4, -0.2) is 229 Å². The van der Waals surface area contributed by atoms with E-state index in [1.54, 1.807) is 0 Å². The predicted octanol–water partition coefficient (Wildman–Crippen LogP) is -10.9. The summed E-state index contributed by atoms with van der Waals surface area (Å²) >= 11 is 0. The topological polar surface area (TPSA) is 444 Å². The highest BCUT2D eigenvalue weighted by Gasteiger charge is 2.55. The standard InChI is InChI=1S/C29H53N5O20/c30-2-7-13(37)15(39)10(33)26(48-7)52-22-8(3-35)49-29(20(22)44)53-23-12(36)5(31)1-6(32)21(23)51-27-11(34)16(40)14(38)9(50-27)4-47-28-19(43)17(41)18(42)24(54-28)25(45)46/h5-24,26-29,35-44H,1-4,30-34H2,(H,45,46)/t5-,6+,7+,8-,9-,10-,11-,12+,13-,14-,15-,16-,17?,18?,19?,20-,21-,22-,23-,24?,26-,27-,28?,29+/m1/s1. The number of carboxylic acids is 1. The molecule has 0 aromatic carbocycles. The van der Waals surface area contributed by atoms with Crippen molar-refractivity contribution in [3.8, 4) is 0 Å². The molecule has 0 spiro atoms. The van der Waals surface area contributed by atoms with E-state index < -0.39 is 166 Å².